The van der Waals surface area contributed by atoms with E-state index in [4.69, 9.17) is 9.47 Å². The summed E-state index contributed by atoms with van der Waals surface area (Å²) in [5.74, 6) is -0.751. The van der Waals surface area contributed by atoms with Gasteiger partial charge in [0.1, 0.15) is 11.2 Å². The van der Waals surface area contributed by atoms with Gasteiger partial charge in [-0.2, -0.15) is 0 Å². The Morgan fingerprint density at radius 2 is 1.04 bits per heavy atom. The lowest BCUT2D eigenvalue weighted by atomic mass is 10.0. The molecule has 0 fully saturated rings. The van der Waals surface area contributed by atoms with Crippen LogP contribution in [0.1, 0.15) is 87.9 Å². The van der Waals surface area contributed by atoms with Crippen LogP contribution in [0.2, 0.25) is 0 Å². The van der Waals surface area contributed by atoms with E-state index in [1.807, 2.05) is 27.7 Å². The zero-order valence-electron chi connectivity index (χ0n) is 15.8. The number of ether oxygens (including phenoxy) is 2. The third-order valence-corrected chi connectivity index (χ3v) is 3.80. The van der Waals surface area contributed by atoms with Crippen LogP contribution in [0.5, 0.6) is 0 Å². The number of carbonyl (C=O) groups is 2. The summed E-state index contributed by atoms with van der Waals surface area (Å²) in [5, 5.41) is 0. The van der Waals surface area contributed by atoms with Gasteiger partial charge in [-0.1, -0.05) is 26.7 Å². The van der Waals surface area contributed by atoms with E-state index in [-0.39, 0.29) is 11.9 Å². The molecule has 1 rings (SSSR count). The average molecular weight is 334 g/mol. The second-order valence-electron chi connectivity index (χ2n) is 7.38. The first-order chi connectivity index (χ1) is 11.1. The molecule has 0 heterocycles. The lowest BCUT2D eigenvalue weighted by molar-refractivity contribution is -0.00637. The molecule has 0 saturated heterocycles. The molecule has 0 amide bonds. The Hall–Kier alpha value is -1.84. The first-order valence-corrected chi connectivity index (χ1v) is 8.67. The summed E-state index contributed by atoms with van der Waals surface area (Å²) in [6.45, 7) is 11.7. The Morgan fingerprint density at radius 3 is 1.29 bits per heavy atom. The van der Waals surface area contributed by atoms with E-state index in [0.29, 0.717) is 11.1 Å². The Kier molecular flexibility index (Phi) is 7.00. The van der Waals surface area contributed by atoms with Gasteiger partial charge in [0, 0.05) is 0 Å². The minimum atomic E-state index is -0.492. The summed E-state index contributed by atoms with van der Waals surface area (Å²) < 4.78 is 11.0. The molecule has 0 saturated carbocycles. The van der Waals surface area contributed by atoms with Gasteiger partial charge in [-0.25, -0.2) is 9.59 Å². The second kappa shape index (κ2) is 8.32. The molecule has 1 aromatic carbocycles. The maximum Gasteiger partial charge on any atom is 0.338 e. The van der Waals surface area contributed by atoms with Crippen LogP contribution in [-0.4, -0.2) is 23.1 Å². The van der Waals surface area contributed by atoms with Crippen LogP contribution in [0, 0.1) is 0 Å². The smallest absolute Gasteiger partial charge is 0.338 e. The van der Waals surface area contributed by atoms with Crippen LogP contribution < -0.4 is 0 Å². The molecule has 0 radical (unpaired) electrons. The summed E-state index contributed by atoms with van der Waals surface area (Å²) in [5.41, 5.74) is -0.117. The SMILES string of the molecule is CCCC(C)(C)OC(=O)c1ccc(C(=O)OC(C)(C)CCC)cc1. The van der Waals surface area contributed by atoms with Crippen LogP contribution in [0.25, 0.3) is 0 Å². The molecule has 0 aliphatic rings. The Bertz CT molecular complexity index is 505. The quantitative estimate of drug-likeness (QED) is 0.616. The van der Waals surface area contributed by atoms with E-state index >= 15 is 0 Å². The maximum atomic E-state index is 12.2. The van der Waals surface area contributed by atoms with E-state index in [1.54, 1.807) is 24.3 Å². The van der Waals surface area contributed by atoms with Crippen LogP contribution >= 0.6 is 0 Å². The van der Waals surface area contributed by atoms with E-state index in [2.05, 4.69) is 13.8 Å². The molecular weight excluding hydrogens is 304 g/mol. The van der Waals surface area contributed by atoms with Gasteiger partial charge in [-0.3, -0.25) is 0 Å². The first-order valence-electron chi connectivity index (χ1n) is 8.67. The van der Waals surface area contributed by atoms with Crippen molar-refractivity contribution in [2.24, 2.45) is 0 Å². The number of hydrogen-bond donors (Lipinski definition) is 0. The Labute approximate surface area is 145 Å². The normalized spacial score (nSPS) is 11.9. The molecule has 0 aromatic heterocycles. The van der Waals surface area contributed by atoms with Crippen molar-refractivity contribution in [3.8, 4) is 0 Å². The van der Waals surface area contributed by atoms with E-state index < -0.39 is 11.2 Å². The number of esters is 2. The van der Waals surface area contributed by atoms with Crippen molar-refractivity contribution in [2.45, 2.75) is 78.4 Å². The molecular formula is C20H30O4. The highest BCUT2D eigenvalue weighted by Gasteiger charge is 2.24. The molecule has 24 heavy (non-hydrogen) atoms. The lowest BCUT2D eigenvalue weighted by Crippen LogP contribution is -2.28. The van der Waals surface area contributed by atoms with Gasteiger partial charge in [-0.05, 0) is 64.8 Å². The van der Waals surface area contributed by atoms with Gasteiger partial charge in [0.05, 0.1) is 11.1 Å². The summed E-state index contributed by atoms with van der Waals surface area (Å²) >= 11 is 0. The number of benzene rings is 1. The van der Waals surface area contributed by atoms with Crippen molar-refractivity contribution in [1.29, 1.82) is 0 Å². The summed E-state index contributed by atoms with van der Waals surface area (Å²) in [6, 6.07) is 6.42. The van der Waals surface area contributed by atoms with Crippen LogP contribution in [0.4, 0.5) is 0 Å². The molecule has 1 aromatic rings. The zero-order chi connectivity index (χ0) is 18.4. The van der Waals surface area contributed by atoms with E-state index in [0.717, 1.165) is 25.7 Å². The van der Waals surface area contributed by atoms with Crippen molar-refractivity contribution in [3.63, 3.8) is 0 Å². The molecule has 4 heteroatoms. The molecule has 0 aliphatic carbocycles. The number of hydrogen-bond acceptors (Lipinski definition) is 4. The van der Waals surface area contributed by atoms with Gasteiger partial charge in [0.2, 0.25) is 0 Å². The molecule has 4 nitrogen and oxygen atoms in total. The molecule has 134 valence electrons. The molecule has 0 atom stereocenters. The Morgan fingerprint density at radius 1 is 0.750 bits per heavy atom. The first kappa shape index (κ1) is 20.2. The number of rotatable bonds is 8. The summed E-state index contributed by atoms with van der Waals surface area (Å²) in [4.78, 5) is 24.4. The standard InChI is InChI=1S/C20H30O4/c1-7-13-19(3,4)23-17(21)15-9-11-16(12-10-15)18(22)24-20(5,6)14-8-2/h9-12H,7-8,13-14H2,1-6H3. The molecule has 0 bridgehead atoms. The predicted octanol–water partition coefficient (Wildman–Crippen LogP) is 5.16. The fourth-order valence-electron chi connectivity index (χ4n) is 2.67. The van der Waals surface area contributed by atoms with Crippen LogP contribution in [0.15, 0.2) is 24.3 Å². The monoisotopic (exact) mass is 334 g/mol. The van der Waals surface area contributed by atoms with Gasteiger partial charge in [0.25, 0.3) is 0 Å². The van der Waals surface area contributed by atoms with Crippen molar-refractivity contribution in [3.05, 3.63) is 35.4 Å². The van der Waals surface area contributed by atoms with Gasteiger partial charge < -0.3 is 9.47 Å². The lowest BCUT2D eigenvalue weighted by Gasteiger charge is -2.25. The largest absolute Gasteiger partial charge is 0.456 e. The molecule has 0 unspecified atom stereocenters. The van der Waals surface area contributed by atoms with Crippen molar-refractivity contribution in [2.75, 3.05) is 0 Å². The fraction of sp³-hybridized carbons (Fsp3) is 0.600. The summed E-state index contributed by atoms with van der Waals surface area (Å²) in [7, 11) is 0. The fourth-order valence-corrected chi connectivity index (χ4v) is 2.67. The summed E-state index contributed by atoms with van der Waals surface area (Å²) in [6.07, 6.45) is 3.49. The van der Waals surface area contributed by atoms with Crippen LogP contribution in [0.3, 0.4) is 0 Å². The van der Waals surface area contributed by atoms with Crippen molar-refractivity contribution in [1.82, 2.24) is 0 Å². The second-order valence-corrected chi connectivity index (χ2v) is 7.38. The van der Waals surface area contributed by atoms with E-state index in [9.17, 15) is 9.59 Å². The third kappa shape index (κ3) is 6.34. The van der Waals surface area contributed by atoms with Gasteiger partial charge in [0.15, 0.2) is 0 Å². The predicted molar refractivity (Wildman–Crippen MR) is 95.2 cm³/mol. The molecule has 0 aliphatic heterocycles. The minimum absolute atomic E-state index is 0.375. The average Bonchev–Trinajstić information content (AvgIpc) is 2.46. The van der Waals surface area contributed by atoms with Crippen molar-refractivity contribution >= 4 is 11.9 Å². The molecule has 0 N–H and O–H groups in total. The van der Waals surface area contributed by atoms with Gasteiger partial charge >= 0.3 is 11.9 Å². The minimum Gasteiger partial charge on any atom is -0.456 e. The van der Waals surface area contributed by atoms with E-state index in [1.165, 1.54) is 0 Å². The maximum absolute atomic E-state index is 12.2. The topological polar surface area (TPSA) is 52.6 Å². The zero-order valence-corrected chi connectivity index (χ0v) is 15.8. The number of carbonyl (C=O) groups excluding carboxylic acids is 2. The highest BCUT2D eigenvalue weighted by atomic mass is 16.6. The molecule has 0 spiro atoms. The third-order valence-electron chi connectivity index (χ3n) is 3.80. The van der Waals surface area contributed by atoms with Gasteiger partial charge in [-0.15, -0.1) is 0 Å². The highest BCUT2D eigenvalue weighted by molar-refractivity contribution is 5.93. The Balaban J connectivity index is 2.75. The highest BCUT2D eigenvalue weighted by Crippen LogP contribution is 2.21. The van der Waals surface area contributed by atoms with Crippen molar-refractivity contribution < 1.29 is 19.1 Å². The van der Waals surface area contributed by atoms with Crippen LogP contribution in [-0.2, 0) is 9.47 Å².